The third-order valence-electron chi connectivity index (χ3n) is 7.53. The first-order chi connectivity index (χ1) is 18.7. The Hall–Kier alpha value is -3.38. The Morgan fingerprint density at radius 1 is 1.08 bits per heavy atom. The van der Waals surface area contributed by atoms with Crippen LogP contribution in [0.1, 0.15) is 96.3 Å². The van der Waals surface area contributed by atoms with Gasteiger partial charge in [0.2, 0.25) is 0 Å². The van der Waals surface area contributed by atoms with E-state index in [1.165, 1.54) is 6.92 Å². The van der Waals surface area contributed by atoms with Gasteiger partial charge in [0, 0.05) is 18.7 Å². The maximum absolute atomic E-state index is 13.8. The van der Waals surface area contributed by atoms with Crippen LogP contribution in [0.2, 0.25) is 0 Å². The number of hydrogen-bond acceptors (Lipinski definition) is 7. The summed E-state index contributed by atoms with van der Waals surface area (Å²) in [5.41, 5.74) is 0.892. The second-order valence-electron chi connectivity index (χ2n) is 10.4. The average Bonchev–Trinajstić information content (AvgIpc) is 2.95. The van der Waals surface area contributed by atoms with E-state index in [1.54, 1.807) is 30.3 Å². The van der Waals surface area contributed by atoms with Crippen molar-refractivity contribution in [3.8, 4) is 6.07 Å². The Morgan fingerprint density at radius 2 is 1.67 bits per heavy atom. The number of benzene rings is 1. The molecular formula is C30H44N6O3. The lowest BCUT2D eigenvalue weighted by Gasteiger charge is -2.31. The van der Waals surface area contributed by atoms with Crippen LogP contribution in [0.4, 0.5) is 5.69 Å². The maximum Gasteiger partial charge on any atom is 0.285 e. The van der Waals surface area contributed by atoms with Gasteiger partial charge in [-0.15, -0.1) is 0 Å². The summed E-state index contributed by atoms with van der Waals surface area (Å²) in [5.74, 6) is 4.82. The van der Waals surface area contributed by atoms with Crippen molar-refractivity contribution in [2.24, 2.45) is 27.9 Å². The molecule has 3 amide bonds. The van der Waals surface area contributed by atoms with Crippen molar-refractivity contribution in [2.75, 3.05) is 13.1 Å². The van der Waals surface area contributed by atoms with E-state index in [-0.39, 0.29) is 17.1 Å². The second-order valence-corrected chi connectivity index (χ2v) is 10.4. The van der Waals surface area contributed by atoms with Gasteiger partial charge in [0.1, 0.15) is 11.6 Å². The predicted octanol–water partition coefficient (Wildman–Crippen LogP) is 6.10. The summed E-state index contributed by atoms with van der Waals surface area (Å²) in [6, 6.07) is 7.50. The predicted molar refractivity (Wildman–Crippen MR) is 152 cm³/mol. The molecule has 1 aliphatic rings. The van der Waals surface area contributed by atoms with Gasteiger partial charge in [-0.1, -0.05) is 72.3 Å². The van der Waals surface area contributed by atoms with Crippen LogP contribution in [0.15, 0.2) is 45.6 Å². The Labute approximate surface area is 233 Å². The highest BCUT2D eigenvalue weighted by Gasteiger charge is 2.38. The third-order valence-corrected chi connectivity index (χ3v) is 7.53. The normalized spacial score (nSPS) is 17.5. The molecule has 9 heteroatoms. The molecule has 0 aliphatic carbocycles. The lowest BCUT2D eigenvalue weighted by Crippen LogP contribution is -2.51. The fourth-order valence-electron chi connectivity index (χ4n) is 4.82. The topological polar surface area (TPSA) is 132 Å². The van der Waals surface area contributed by atoms with Gasteiger partial charge in [-0.3, -0.25) is 14.4 Å². The molecule has 1 aromatic carbocycles. The first kappa shape index (κ1) is 31.8. The van der Waals surface area contributed by atoms with Gasteiger partial charge in [-0.05, 0) is 55.4 Å². The van der Waals surface area contributed by atoms with Crippen molar-refractivity contribution < 1.29 is 14.4 Å². The number of nitriles is 1. The Balaban J connectivity index is 2.33. The van der Waals surface area contributed by atoms with Crippen molar-refractivity contribution in [3.63, 3.8) is 0 Å². The Kier molecular flexibility index (Phi) is 13.0. The molecule has 9 nitrogen and oxygen atoms in total. The molecule has 2 N–H and O–H groups in total. The van der Waals surface area contributed by atoms with Gasteiger partial charge in [-0.25, -0.2) is 10.9 Å². The van der Waals surface area contributed by atoms with Crippen LogP contribution in [0.3, 0.4) is 0 Å². The number of carbonyl (C=O) groups excluding carboxylic acids is 3. The SMILES string of the molecule is CCCCC(CC)CN(CC(CC)CCCC)C(=O)c1cccc(/N=N/C2C(=O)N(N)C(=O)C(C#N)=C2C)c1. The first-order valence-electron chi connectivity index (χ1n) is 14.3. The molecule has 0 bridgehead atoms. The molecule has 0 fully saturated rings. The smallest absolute Gasteiger partial charge is 0.285 e. The summed E-state index contributed by atoms with van der Waals surface area (Å²) in [4.78, 5) is 40.4. The standard InChI is InChI=1S/C30H44N6O3/c1-6-10-13-22(8-3)19-35(20-23(9-4)14-11-7-2)28(37)24-15-12-16-25(17-24)33-34-27-21(5)26(18-31)29(38)36(32)30(27)39/h12,15-17,22-23,27H,6-11,13-14,19-20,32H2,1-5H3/b34-33+. The summed E-state index contributed by atoms with van der Waals surface area (Å²) in [7, 11) is 0. The van der Waals surface area contributed by atoms with Crippen molar-refractivity contribution in [1.29, 1.82) is 5.26 Å². The molecule has 1 heterocycles. The molecule has 1 aliphatic heterocycles. The fourth-order valence-corrected chi connectivity index (χ4v) is 4.82. The summed E-state index contributed by atoms with van der Waals surface area (Å²) >= 11 is 0. The van der Waals surface area contributed by atoms with Gasteiger partial charge in [0.05, 0.1) is 5.69 Å². The third kappa shape index (κ3) is 8.56. The number of hydrazine groups is 1. The molecule has 0 aromatic heterocycles. The highest BCUT2D eigenvalue weighted by Crippen LogP contribution is 2.25. The molecule has 0 saturated heterocycles. The molecule has 0 radical (unpaired) electrons. The van der Waals surface area contributed by atoms with E-state index in [1.807, 2.05) is 4.90 Å². The fraction of sp³-hybridized carbons (Fsp3) is 0.600. The molecule has 3 unspecified atom stereocenters. The van der Waals surface area contributed by atoms with Crippen molar-refractivity contribution in [3.05, 3.63) is 41.0 Å². The Bertz CT molecular complexity index is 1090. The number of carbonyl (C=O) groups is 3. The number of hydrogen-bond donors (Lipinski definition) is 1. The molecule has 0 spiro atoms. The Morgan fingerprint density at radius 3 is 2.18 bits per heavy atom. The average molecular weight is 537 g/mol. The van der Waals surface area contributed by atoms with Crippen LogP contribution < -0.4 is 5.84 Å². The zero-order valence-electron chi connectivity index (χ0n) is 24.2. The van der Waals surface area contributed by atoms with Crippen molar-refractivity contribution in [2.45, 2.75) is 92.0 Å². The minimum Gasteiger partial charge on any atom is -0.338 e. The number of azo groups is 1. The quantitative estimate of drug-likeness (QED) is 0.125. The highest BCUT2D eigenvalue weighted by molar-refractivity contribution is 6.12. The van der Waals surface area contributed by atoms with E-state index in [0.717, 1.165) is 64.5 Å². The van der Waals surface area contributed by atoms with Gasteiger partial charge in [0.25, 0.3) is 17.7 Å². The lowest BCUT2D eigenvalue weighted by atomic mass is 9.95. The highest BCUT2D eigenvalue weighted by atomic mass is 16.2. The van der Waals surface area contributed by atoms with Gasteiger partial charge < -0.3 is 4.90 Å². The van der Waals surface area contributed by atoms with E-state index >= 15 is 0 Å². The second kappa shape index (κ2) is 15.9. The number of amides is 3. The number of unbranched alkanes of at least 4 members (excludes halogenated alkanes) is 2. The van der Waals surface area contributed by atoms with Crippen molar-refractivity contribution in [1.82, 2.24) is 9.91 Å². The van der Waals surface area contributed by atoms with Crippen LogP contribution in [-0.4, -0.2) is 46.8 Å². The van der Waals surface area contributed by atoms with E-state index in [0.29, 0.717) is 28.1 Å². The minimum atomic E-state index is -1.18. The lowest BCUT2D eigenvalue weighted by molar-refractivity contribution is -0.144. The number of imide groups is 1. The van der Waals surface area contributed by atoms with Gasteiger partial charge >= 0.3 is 0 Å². The van der Waals surface area contributed by atoms with Crippen LogP contribution in [0.25, 0.3) is 0 Å². The summed E-state index contributed by atoms with van der Waals surface area (Å²) in [6.07, 6.45) is 8.82. The monoisotopic (exact) mass is 536 g/mol. The summed E-state index contributed by atoms with van der Waals surface area (Å²) < 4.78 is 0. The van der Waals surface area contributed by atoms with E-state index < -0.39 is 17.9 Å². The zero-order valence-corrected chi connectivity index (χ0v) is 24.2. The summed E-state index contributed by atoms with van der Waals surface area (Å²) in [6.45, 7) is 11.7. The molecule has 212 valence electrons. The molecule has 1 aromatic rings. The number of rotatable bonds is 15. The van der Waals surface area contributed by atoms with Crippen LogP contribution in [-0.2, 0) is 9.59 Å². The number of nitrogens with two attached hydrogens (primary N) is 1. The van der Waals surface area contributed by atoms with E-state index in [4.69, 9.17) is 5.84 Å². The molecule has 2 rings (SSSR count). The van der Waals surface area contributed by atoms with E-state index in [9.17, 15) is 19.6 Å². The van der Waals surface area contributed by atoms with Crippen LogP contribution >= 0.6 is 0 Å². The van der Waals surface area contributed by atoms with Crippen molar-refractivity contribution >= 4 is 23.4 Å². The minimum absolute atomic E-state index is 0.0349. The van der Waals surface area contributed by atoms with E-state index in [2.05, 4.69) is 37.9 Å². The van der Waals surface area contributed by atoms with Crippen LogP contribution in [0.5, 0.6) is 0 Å². The molecule has 0 saturated carbocycles. The molecule has 39 heavy (non-hydrogen) atoms. The zero-order chi connectivity index (χ0) is 28.9. The van der Waals surface area contributed by atoms with Gasteiger partial charge in [-0.2, -0.15) is 15.5 Å². The molecule has 3 atom stereocenters. The summed E-state index contributed by atoms with van der Waals surface area (Å²) in [5, 5.41) is 18.0. The van der Waals surface area contributed by atoms with Crippen LogP contribution in [0, 0.1) is 23.2 Å². The number of nitrogens with zero attached hydrogens (tertiary/aromatic N) is 5. The van der Waals surface area contributed by atoms with Gasteiger partial charge in [0.15, 0.2) is 6.04 Å². The first-order valence-corrected chi connectivity index (χ1v) is 14.3. The maximum atomic E-state index is 13.8. The molecular weight excluding hydrogens is 492 g/mol. The largest absolute Gasteiger partial charge is 0.338 e.